The van der Waals surface area contributed by atoms with Crippen LogP contribution in [0.2, 0.25) is 0 Å². The van der Waals surface area contributed by atoms with Gasteiger partial charge in [-0.15, -0.1) is 0 Å². The van der Waals surface area contributed by atoms with E-state index >= 15 is 0 Å². The average Bonchev–Trinajstić information content (AvgIpc) is 2.65. The summed E-state index contributed by atoms with van der Waals surface area (Å²) in [6.07, 6.45) is -1.06. The molecule has 6 heteroatoms. The minimum absolute atomic E-state index is 0.349. The second kappa shape index (κ2) is 8.21. The minimum Gasteiger partial charge on any atom is -0.493 e. The summed E-state index contributed by atoms with van der Waals surface area (Å²) in [5.41, 5.74) is 0.349. The van der Waals surface area contributed by atoms with Crippen LogP contribution in [0, 0.1) is 0 Å². The lowest BCUT2D eigenvalue weighted by Crippen LogP contribution is -2.31. The van der Waals surface area contributed by atoms with Crippen LogP contribution >= 0.6 is 0 Å². The van der Waals surface area contributed by atoms with Gasteiger partial charge < -0.3 is 24.1 Å². The topological polar surface area (TPSA) is 74.2 Å². The van der Waals surface area contributed by atoms with Gasteiger partial charge in [-0.3, -0.25) is 4.79 Å². The Morgan fingerprint density at radius 2 is 1.50 bits per heavy atom. The molecule has 0 saturated heterocycles. The maximum Gasteiger partial charge on any atom is 0.205 e. The molecule has 0 aromatic heterocycles. The number of methoxy groups -OCH3 is 3. The van der Waals surface area contributed by atoms with Crippen molar-refractivity contribution in [2.24, 2.45) is 0 Å². The maximum absolute atomic E-state index is 12.6. The maximum atomic E-state index is 12.6. The molecule has 2 aromatic carbocycles. The lowest BCUT2D eigenvalue weighted by Gasteiger charge is -2.18. The molecule has 2 aromatic rings. The number of aliphatic hydroxyl groups is 1. The van der Waals surface area contributed by atoms with Crippen molar-refractivity contribution in [1.82, 2.24) is 0 Å². The Kier molecular flexibility index (Phi) is 6.03. The van der Waals surface area contributed by atoms with Gasteiger partial charge in [0.15, 0.2) is 29.1 Å². The van der Waals surface area contributed by atoms with Gasteiger partial charge in [-0.2, -0.15) is 0 Å². The highest BCUT2D eigenvalue weighted by Gasteiger charge is 2.23. The highest BCUT2D eigenvalue weighted by Crippen LogP contribution is 2.30. The molecule has 0 amide bonds. The van der Waals surface area contributed by atoms with Crippen molar-refractivity contribution in [1.29, 1.82) is 0 Å². The van der Waals surface area contributed by atoms with Crippen molar-refractivity contribution in [2.45, 2.75) is 6.10 Å². The summed E-state index contributed by atoms with van der Waals surface area (Å²) in [5.74, 6) is 1.44. The molecule has 128 valence electrons. The summed E-state index contributed by atoms with van der Waals surface area (Å²) in [6.45, 7) is -0.467. The van der Waals surface area contributed by atoms with Crippen molar-refractivity contribution < 1.29 is 28.8 Å². The Bertz CT molecular complexity index is 698. The highest BCUT2D eigenvalue weighted by molar-refractivity contribution is 6.00. The zero-order valence-corrected chi connectivity index (χ0v) is 13.8. The van der Waals surface area contributed by atoms with Gasteiger partial charge in [-0.05, 0) is 30.3 Å². The standard InChI is InChI=1S/C18H20O6/c1-21-13-6-4-5-7-15(13)24-17(11-19)18(20)12-8-9-14(22-2)16(10-12)23-3/h4-10,17,19H,11H2,1-3H3/t17-/m0/s1. The van der Waals surface area contributed by atoms with Crippen LogP contribution in [0.4, 0.5) is 0 Å². The van der Waals surface area contributed by atoms with Gasteiger partial charge in [0.2, 0.25) is 5.78 Å². The van der Waals surface area contributed by atoms with Crippen LogP contribution in [0.1, 0.15) is 10.4 Å². The highest BCUT2D eigenvalue weighted by atomic mass is 16.5. The van der Waals surface area contributed by atoms with E-state index in [1.165, 1.54) is 21.3 Å². The average molecular weight is 332 g/mol. The summed E-state index contributed by atoms with van der Waals surface area (Å²) in [7, 11) is 4.51. The molecule has 0 aliphatic carbocycles. The van der Waals surface area contributed by atoms with E-state index in [0.717, 1.165) is 0 Å². The number of para-hydroxylation sites is 2. The molecule has 0 fully saturated rings. The van der Waals surface area contributed by atoms with E-state index in [9.17, 15) is 9.90 Å². The summed E-state index contributed by atoms with van der Waals surface area (Å²) < 4.78 is 21.2. The van der Waals surface area contributed by atoms with Crippen molar-refractivity contribution in [3.63, 3.8) is 0 Å². The van der Waals surface area contributed by atoms with Crippen molar-refractivity contribution in [2.75, 3.05) is 27.9 Å². The van der Waals surface area contributed by atoms with E-state index < -0.39 is 12.7 Å². The van der Waals surface area contributed by atoms with Crippen LogP contribution in [0.25, 0.3) is 0 Å². The number of hydrogen-bond donors (Lipinski definition) is 1. The van der Waals surface area contributed by atoms with E-state index in [1.54, 1.807) is 42.5 Å². The smallest absolute Gasteiger partial charge is 0.205 e. The predicted octanol–water partition coefficient (Wildman–Crippen LogP) is 2.33. The Labute approximate surface area is 140 Å². The lowest BCUT2D eigenvalue weighted by atomic mass is 10.1. The number of carbonyl (C=O) groups is 1. The largest absolute Gasteiger partial charge is 0.493 e. The van der Waals surface area contributed by atoms with E-state index in [4.69, 9.17) is 18.9 Å². The number of rotatable bonds is 8. The molecule has 6 nitrogen and oxygen atoms in total. The number of benzene rings is 2. The SMILES string of the molecule is COc1ccc(C(=O)[C@H](CO)Oc2ccccc2OC)cc1OC. The Morgan fingerprint density at radius 3 is 2.08 bits per heavy atom. The first-order valence-electron chi connectivity index (χ1n) is 7.31. The first-order chi connectivity index (χ1) is 11.6. The molecule has 0 saturated carbocycles. The first-order valence-corrected chi connectivity index (χ1v) is 7.31. The van der Waals surface area contributed by atoms with Gasteiger partial charge in [-0.1, -0.05) is 12.1 Å². The summed E-state index contributed by atoms with van der Waals surface area (Å²) >= 11 is 0. The van der Waals surface area contributed by atoms with Crippen molar-refractivity contribution >= 4 is 5.78 Å². The van der Waals surface area contributed by atoms with Gasteiger partial charge in [0.05, 0.1) is 27.9 Å². The van der Waals surface area contributed by atoms with Crippen LogP contribution in [-0.2, 0) is 0 Å². The van der Waals surface area contributed by atoms with E-state index in [-0.39, 0.29) is 5.78 Å². The molecular weight excluding hydrogens is 312 g/mol. The van der Waals surface area contributed by atoms with Crippen molar-refractivity contribution in [3.05, 3.63) is 48.0 Å². The molecule has 0 unspecified atom stereocenters. The molecule has 24 heavy (non-hydrogen) atoms. The second-order valence-corrected chi connectivity index (χ2v) is 4.87. The monoisotopic (exact) mass is 332 g/mol. The first kappa shape index (κ1) is 17.6. The van der Waals surface area contributed by atoms with E-state index in [2.05, 4.69) is 0 Å². The Balaban J connectivity index is 2.25. The molecule has 0 aliphatic rings. The number of Topliss-reactive ketones (excluding diaryl/α,β-unsaturated/α-hetero) is 1. The summed E-state index contributed by atoms with van der Waals surface area (Å²) in [6, 6.07) is 11.7. The van der Waals surface area contributed by atoms with Gasteiger partial charge in [-0.25, -0.2) is 0 Å². The zero-order valence-electron chi connectivity index (χ0n) is 13.8. The van der Waals surface area contributed by atoms with Crippen LogP contribution in [-0.4, -0.2) is 44.9 Å². The fraction of sp³-hybridized carbons (Fsp3) is 0.278. The van der Waals surface area contributed by atoms with Gasteiger partial charge in [0, 0.05) is 5.56 Å². The van der Waals surface area contributed by atoms with Gasteiger partial charge in [0.1, 0.15) is 0 Å². The molecule has 0 bridgehead atoms. The molecule has 0 aliphatic heterocycles. The van der Waals surface area contributed by atoms with Gasteiger partial charge >= 0.3 is 0 Å². The third-order valence-corrected chi connectivity index (χ3v) is 3.46. The normalized spacial score (nSPS) is 11.5. The second-order valence-electron chi connectivity index (χ2n) is 4.87. The fourth-order valence-electron chi connectivity index (χ4n) is 2.22. The fourth-order valence-corrected chi connectivity index (χ4v) is 2.22. The van der Waals surface area contributed by atoms with Crippen molar-refractivity contribution in [3.8, 4) is 23.0 Å². The molecule has 0 radical (unpaired) electrons. The molecule has 2 rings (SSSR count). The zero-order chi connectivity index (χ0) is 17.5. The van der Waals surface area contributed by atoms with Crippen LogP contribution in [0.15, 0.2) is 42.5 Å². The Morgan fingerprint density at radius 1 is 0.917 bits per heavy atom. The van der Waals surface area contributed by atoms with Crippen LogP contribution < -0.4 is 18.9 Å². The summed E-state index contributed by atoms with van der Waals surface area (Å²) in [5, 5.41) is 9.57. The van der Waals surface area contributed by atoms with Gasteiger partial charge in [0.25, 0.3) is 0 Å². The number of ether oxygens (including phenoxy) is 4. The number of hydrogen-bond acceptors (Lipinski definition) is 6. The van der Waals surface area contributed by atoms with E-state index in [0.29, 0.717) is 28.6 Å². The lowest BCUT2D eigenvalue weighted by molar-refractivity contribution is 0.0651. The third kappa shape index (κ3) is 3.78. The third-order valence-electron chi connectivity index (χ3n) is 3.46. The molecule has 0 spiro atoms. The molecule has 0 heterocycles. The molecule has 1 N–H and O–H groups in total. The molecule has 1 atom stereocenters. The predicted molar refractivity (Wildman–Crippen MR) is 88.4 cm³/mol. The van der Waals surface area contributed by atoms with Crippen LogP contribution in [0.5, 0.6) is 23.0 Å². The quantitative estimate of drug-likeness (QED) is 0.748. The summed E-state index contributed by atoms with van der Waals surface area (Å²) in [4.78, 5) is 12.6. The number of aliphatic hydroxyl groups excluding tert-OH is 1. The Hall–Kier alpha value is -2.73. The van der Waals surface area contributed by atoms with Crippen LogP contribution in [0.3, 0.4) is 0 Å². The minimum atomic E-state index is -1.06. The van der Waals surface area contributed by atoms with E-state index in [1.807, 2.05) is 0 Å². The number of carbonyl (C=O) groups excluding carboxylic acids is 1. The molecular formula is C18H20O6. The number of ketones is 1.